The summed E-state index contributed by atoms with van der Waals surface area (Å²) >= 11 is 5.82. The van der Waals surface area contributed by atoms with E-state index in [1.54, 1.807) is 29.3 Å². The molecule has 1 fully saturated rings. The van der Waals surface area contributed by atoms with Crippen LogP contribution in [0.3, 0.4) is 0 Å². The van der Waals surface area contributed by atoms with Gasteiger partial charge in [0.1, 0.15) is 5.15 Å². The molecule has 2 aromatic rings. The van der Waals surface area contributed by atoms with Gasteiger partial charge in [-0.2, -0.15) is 0 Å². The number of nitrogens with zero attached hydrogens (tertiary/aromatic N) is 3. The van der Waals surface area contributed by atoms with E-state index in [4.69, 9.17) is 11.6 Å². The lowest BCUT2D eigenvalue weighted by Gasteiger charge is -2.26. The predicted octanol–water partition coefficient (Wildman–Crippen LogP) is 2.22. The molecule has 2 heterocycles. The minimum Gasteiger partial charge on any atom is -0.357 e. The number of carbonyl (C=O) groups excluding carboxylic acids is 2. The maximum Gasteiger partial charge on any atom is 0.254 e. The average molecular weight is 571 g/mol. The van der Waals surface area contributed by atoms with Crippen LogP contribution >= 0.6 is 35.6 Å². The van der Waals surface area contributed by atoms with Crippen LogP contribution in [0.1, 0.15) is 28.4 Å². The Hall–Kier alpha value is -2.40. The monoisotopic (exact) mass is 570 g/mol. The molecule has 32 heavy (non-hydrogen) atoms. The molecule has 1 saturated heterocycles. The molecule has 3 rings (SSSR count). The van der Waals surface area contributed by atoms with E-state index in [1.165, 1.54) is 0 Å². The molecule has 1 aromatic carbocycles. The molecule has 0 saturated carbocycles. The number of guanidine groups is 1. The highest BCUT2D eigenvalue weighted by Crippen LogP contribution is 2.10. The van der Waals surface area contributed by atoms with E-state index >= 15 is 0 Å². The summed E-state index contributed by atoms with van der Waals surface area (Å²) < 4.78 is 0. The minimum absolute atomic E-state index is 0. The summed E-state index contributed by atoms with van der Waals surface area (Å²) in [6, 6.07) is 11.1. The predicted molar refractivity (Wildman–Crippen MR) is 137 cm³/mol. The van der Waals surface area contributed by atoms with Crippen molar-refractivity contribution in [1.82, 2.24) is 25.8 Å². The number of nitrogens with one attached hydrogen (secondary N) is 3. The normalized spacial score (nSPS) is 13.8. The smallest absolute Gasteiger partial charge is 0.254 e. The van der Waals surface area contributed by atoms with Gasteiger partial charge in [0.05, 0.1) is 13.1 Å². The molecule has 1 aliphatic heterocycles. The molecule has 3 N–H and O–H groups in total. The number of piperazine rings is 1. The number of aromatic nitrogens is 1. The van der Waals surface area contributed by atoms with Crippen molar-refractivity contribution in [3.8, 4) is 0 Å². The Morgan fingerprint density at radius 2 is 1.94 bits per heavy atom. The molecule has 10 heteroatoms. The molecular weight excluding hydrogens is 543 g/mol. The van der Waals surface area contributed by atoms with Gasteiger partial charge in [-0.3, -0.25) is 9.59 Å². The Morgan fingerprint density at radius 1 is 1.19 bits per heavy atom. The Kier molecular flexibility index (Phi) is 10.7. The van der Waals surface area contributed by atoms with Crippen LogP contribution in [0.4, 0.5) is 0 Å². The molecule has 172 valence electrons. The van der Waals surface area contributed by atoms with E-state index < -0.39 is 0 Å². The zero-order valence-electron chi connectivity index (χ0n) is 17.9. The third-order valence-electron chi connectivity index (χ3n) is 4.79. The summed E-state index contributed by atoms with van der Waals surface area (Å²) in [5.41, 5.74) is 2.66. The van der Waals surface area contributed by atoms with Crippen LogP contribution in [-0.4, -0.2) is 60.4 Å². The van der Waals surface area contributed by atoms with E-state index in [0.717, 1.165) is 30.1 Å². The van der Waals surface area contributed by atoms with Crippen LogP contribution in [0.2, 0.25) is 5.15 Å². The molecule has 1 aliphatic rings. The lowest BCUT2D eigenvalue weighted by molar-refractivity contribution is -0.123. The summed E-state index contributed by atoms with van der Waals surface area (Å²) in [5, 5.41) is 9.75. The molecule has 0 unspecified atom stereocenters. The highest BCUT2D eigenvalue weighted by Gasteiger charge is 2.22. The van der Waals surface area contributed by atoms with E-state index in [2.05, 4.69) is 25.9 Å². The largest absolute Gasteiger partial charge is 0.357 e. The van der Waals surface area contributed by atoms with Crippen molar-refractivity contribution in [2.24, 2.45) is 4.99 Å². The van der Waals surface area contributed by atoms with E-state index in [-0.39, 0.29) is 42.3 Å². The van der Waals surface area contributed by atoms with Crippen LogP contribution in [0.25, 0.3) is 0 Å². The second-order valence-electron chi connectivity index (χ2n) is 7.13. The second kappa shape index (κ2) is 13.2. The number of hydrogen-bond donors (Lipinski definition) is 3. The number of benzene rings is 1. The molecule has 0 atom stereocenters. The lowest BCUT2D eigenvalue weighted by Crippen LogP contribution is -2.49. The van der Waals surface area contributed by atoms with E-state index in [9.17, 15) is 9.59 Å². The van der Waals surface area contributed by atoms with E-state index in [1.807, 2.05) is 25.1 Å². The van der Waals surface area contributed by atoms with E-state index in [0.29, 0.717) is 36.9 Å². The third-order valence-corrected chi connectivity index (χ3v) is 5.01. The van der Waals surface area contributed by atoms with Gasteiger partial charge in [-0.15, -0.1) is 24.0 Å². The number of amides is 2. The molecule has 0 spiro atoms. The quantitative estimate of drug-likeness (QED) is 0.205. The van der Waals surface area contributed by atoms with Crippen molar-refractivity contribution < 1.29 is 9.59 Å². The van der Waals surface area contributed by atoms with Crippen LogP contribution in [0.5, 0.6) is 0 Å². The summed E-state index contributed by atoms with van der Waals surface area (Å²) in [7, 11) is 0. The molecular formula is C22H28ClIN6O2. The van der Waals surface area contributed by atoms with Crippen molar-refractivity contribution in [1.29, 1.82) is 0 Å². The van der Waals surface area contributed by atoms with Gasteiger partial charge in [0, 0.05) is 37.9 Å². The lowest BCUT2D eigenvalue weighted by atomic mass is 10.1. The molecule has 1 aromatic heterocycles. The zero-order chi connectivity index (χ0) is 22.1. The molecule has 0 bridgehead atoms. The average Bonchev–Trinajstić information content (AvgIpc) is 2.78. The summed E-state index contributed by atoms with van der Waals surface area (Å²) in [5.74, 6) is 0.474. The van der Waals surface area contributed by atoms with Gasteiger partial charge in [0.2, 0.25) is 5.91 Å². The van der Waals surface area contributed by atoms with Crippen LogP contribution in [0, 0.1) is 0 Å². The first-order valence-electron chi connectivity index (χ1n) is 10.3. The molecule has 2 amide bonds. The number of halogens is 2. The first kappa shape index (κ1) is 25.9. The van der Waals surface area contributed by atoms with Gasteiger partial charge in [0.25, 0.3) is 5.91 Å². The fourth-order valence-corrected chi connectivity index (χ4v) is 3.25. The van der Waals surface area contributed by atoms with Gasteiger partial charge in [-0.25, -0.2) is 9.98 Å². The highest BCUT2D eigenvalue weighted by atomic mass is 127. The summed E-state index contributed by atoms with van der Waals surface area (Å²) in [4.78, 5) is 34.3. The standard InChI is InChI=1S/C22H27ClN6O2.HI/c1-2-24-22(26-10-9-17-5-8-19(23)27-13-17)28-14-16-3-6-18(7-4-16)21(31)29-12-11-25-20(30)15-29;/h3-8,13H,2,9-12,14-15H2,1H3,(H,25,30)(H2,24,26,28);1H. The first-order chi connectivity index (χ1) is 15.0. The third kappa shape index (κ3) is 7.94. The number of carbonyl (C=O) groups is 2. The number of hydrogen-bond acceptors (Lipinski definition) is 4. The van der Waals surface area contributed by atoms with Gasteiger partial charge in [-0.1, -0.05) is 29.8 Å². The molecule has 0 aliphatic carbocycles. The first-order valence-corrected chi connectivity index (χ1v) is 10.7. The Balaban J connectivity index is 0.00000363. The summed E-state index contributed by atoms with van der Waals surface area (Å²) in [6.07, 6.45) is 2.58. The van der Waals surface area contributed by atoms with Crippen molar-refractivity contribution >= 4 is 53.4 Å². The summed E-state index contributed by atoms with van der Waals surface area (Å²) in [6.45, 7) is 5.10. The number of rotatable bonds is 7. The Morgan fingerprint density at radius 3 is 2.59 bits per heavy atom. The Bertz CT molecular complexity index is 921. The highest BCUT2D eigenvalue weighted by molar-refractivity contribution is 14.0. The molecule has 8 nitrogen and oxygen atoms in total. The fourth-order valence-electron chi connectivity index (χ4n) is 3.14. The topological polar surface area (TPSA) is 98.7 Å². The van der Waals surface area contributed by atoms with Gasteiger partial charge < -0.3 is 20.9 Å². The van der Waals surface area contributed by atoms with Gasteiger partial charge in [0.15, 0.2) is 5.96 Å². The fraction of sp³-hybridized carbons (Fsp3) is 0.364. The maximum absolute atomic E-state index is 12.5. The number of aliphatic imine (C=N–C) groups is 1. The van der Waals surface area contributed by atoms with Crippen molar-refractivity contribution in [3.05, 3.63) is 64.4 Å². The van der Waals surface area contributed by atoms with Crippen molar-refractivity contribution in [3.63, 3.8) is 0 Å². The minimum atomic E-state index is -0.128. The van der Waals surface area contributed by atoms with Crippen LogP contribution < -0.4 is 16.0 Å². The van der Waals surface area contributed by atoms with Crippen LogP contribution in [0.15, 0.2) is 47.6 Å². The van der Waals surface area contributed by atoms with Gasteiger partial charge >= 0.3 is 0 Å². The Labute approximate surface area is 210 Å². The second-order valence-corrected chi connectivity index (χ2v) is 7.52. The molecule has 0 radical (unpaired) electrons. The zero-order valence-corrected chi connectivity index (χ0v) is 21.0. The van der Waals surface area contributed by atoms with Crippen molar-refractivity contribution in [2.45, 2.75) is 19.9 Å². The SMILES string of the molecule is CCNC(=NCc1ccc(C(=O)N2CCNC(=O)C2)cc1)NCCc1ccc(Cl)nc1.I. The number of pyridine rings is 1. The van der Waals surface area contributed by atoms with Gasteiger partial charge in [-0.05, 0) is 42.7 Å². The van der Waals surface area contributed by atoms with Crippen LogP contribution in [-0.2, 0) is 17.8 Å². The van der Waals surface area contributed by atoms with Crippen molar-refractivity contribution in [2.75, 3.05) is 32.7 Å². The maximum atomic E-state index is 12.5.